The van der Waals surface area contributed by atoms with Crippen LogP contribution < -0.4 is 5.32 Å². The van der Waals surface area contributed by atoms with E-state index in [1.807, 2.05) is 18.2 Å². The lowest BCUT2D eigenvalue weighted by Gasteiger charge is -2.29. The van der Waals surface area contributed by atoms with E-state index in [1.165, 1.54) is 0 Å². The van der Waals surface area contributed by atoms with Crippen LogP contribution in [0.2, 0.25) is 10.0 Å². The summed E-state index contributed by atoms with van der Waals surface area (Å²) in [6, 6.07) is 8.44. The van der Waals surface area contributed by atoms with Crippen molar-refractivity contribution in [2.75, 3.05) is 5.75 Å². The first kappa shape index (κ1) is 18.6. The molecule has 1 N–H and O–H groups in total. The number of halogens is 2. The molecular weight excluding hydrogens is 323 g/mol. The molecule has 0 heterocycles. The minimum atomic E-state index is -0.410. The topological polar surface area (TPSA) is 35.8 Å². The van der Waals surface area contributed by atoms with Crippen molar-refractivity contribution in [1.82, 2.24) is 5.32 Å². The molecule has 0 bridgehead atoms. The van der Waals surface area contributed by atoms with Crippen LogP contribution in [0.5, 0.6) is 0 Å². The number of thioether (sulfide) groups is 1. The highest BCUT2D eigenvalue weighted by Crippen LogP contribution is 2.29. The summed E-state index contributed by atoms with van der Waals surface area (Å²) in [6.45, 7) is 6.21. The van der Waals surface area contributed by atoms with Crippen molar-refractivity contribution in [3.05, 3.63) is 28.2 Å². The normalized spacial score (nSPS) is 14.0. The van der Waals surface area contributed by atoms with Gasteiger partial charge in [0.15, 0.2) is 0 Å². The van der Waals surface area contributed by atoms with Crippen LogP contribution in [0.4, 0.5) is 0 Å². The number of nitrogens with one attached hydrogen (secondary N) is 1. The van der Waals surface area contributed by atoms with Crippen molar-refractivity contribution >= 4 is 35.0 Å². The van der Waals surface area contributed by atoms with E-state index < -0.39 is 5.54 Å². The number of hydrogen-bond donors (Lipinski definition) is 1. The third-order valence-electron chi connectivity index (χ3n) is 3.29. The van der Waals surface area contributed by atoms with Gasteiger partial charge in [0, 0.05) is 10.9 Å². The van der Waals surface area contributed by atoms with Crippen LogP contribution in [0.15, 0.2) is 23.1 Å². The molecule has 0 fully saturated rings. The number of nitriles is 1. The Hall–Kier alpha value is -0.400. The second kappa shape index (κ2) is 8.90. The molecular formula is C16H22Cl2N2S. The summed E-state index contributed by atoms with van der Waals surface area (Å²) in [5.41, 5.74) is -0.410. The fourth-order valence-electron chi connectivity index (χ4n) is 2.20. The zero-order valence-electron chi connectivity index (χ0n) is 12.7. The van der Waals surface area contributed by atoms with Gasteiger partial charge in [0.25, 0.3) is 0 Å². The van der Waals surface area contributed by atoms with Crippen molar-refractivity contribution in [2.24, 2.45) is 0 Å². The van der Waals surface area contributed by atoms with E-state index in [2.05, 4.69) is 32.2 Å². The van der Waals surface area contributed by atoms with Crippen molar-refractivity contribution in [1.29, 1.82) is 5.26 Å². The molecule has 0 aliphatic heterocycles. The van der Waals surface area contributed by atoms with Gasteiger partial charge in [0.05, 0.1) is 16.1 Å². The molecule has 0 aliphatic rings. The van der Waals surface area contributed by atoms with Gasteiger partial charge in [-0.25, -0.2) is 0 Å². The Morgan fingerprint density at radius 2 is 2.05 bits per heavy atom. The summed E-state index contributed by atoms with van der Waals surface area (Å²) >= 11 is 13.6. The monoisotopic (exact) mass is 344 g/mol. The first-order valence-corrected chi connectivity index (χ1v) is 8.93. The molecule has 1 aromatic rings. The van der Waals surface area contributed by atoms with Crippen LogP contribution >= 0.6 is 35.0 Å². The van der Waals surface area contributed by atoms with E-state index in [4.69, 9.17) is 23.2 Å². The van der Waals surface area contributed by atoms with E-state index in [0.717, 1.165) is 29.9 Å². The maximum Gasteiger partial charge on any atom is 0.106 e. The summed E-state index contributed by atoms with van der Waals surface area (Å²) in [4.78, 5) is 1.11. The molecule has 0 aliphatic carbocycles. The Morgan fingerprint density at radius 3 is 2.57 bits per heavy atom. The van der Waals surface area contributed by atoms with Gasteiger partial charge in [0.1, 0.15) is 5.54 Å². The molecule has 21 heavy (non-hydrogen) atoms. The number of rotatable bonds is 8. The molecule has 5 heteroatoms. The SMILES string of the molecule is CCC(C#N)(CCCSc1ccc(Cl)c(Cl)c1)NC(C)C. The van der Waals surface area contributed by atoms with Gasteiger partial charge in [-0.05, 0) is 57.1 Å². The summed E-state index contributed by atoms with van der Waals surface area (Å²) in [6.07, 6.45) is 2.65. The van der Waals surface area contributed by atoms with Crippen LogP contribution in [0.3, 0.4) is 0 Å². The van der Waals surface area contributed by atoms with E-state index in [-0.39, 0.29) is 0 Å². The van der Waals surface area contributed by atoms with Crippen molar-refractivity contribution in [3.63, 3.8) is 0 Å². The number of hydrogen-bond acceptors (Lipinski definition) is 3. The highest BCUT2D eigenvalue weighted by Gasteiger charge is 2.27. The lowest BCUT2D eigenvalue weighted by molar-refractivity contribution is 0.341. The highest BCUT2D eigenvalue weighted by molar-refractivity contribution is 7.99. The molecule has 0 saturated heterocycles. The van der Waals surface area contributed by atoms with Crippen LogP contribution in [0.25, 0.3) is 0 Å². The molecule has 1 unspecified atom stereocenters. The zero-order valence-corrected chi connectivity index (χ0v) is 15.1. The average molecular weight is 345 g/mol. The first-order chi connectivity index (χ1) is 9.92. The molecule has 116 valence electrons. The minimum Gasteiger partial charge on any atom is -0.297 e. The third-order valence-corrected chi connectivity index (χ3v) is 5.11. The van der Waals surface area contributed by atoms with Crippen molar-refractivity contribution in [2.45, 2.75) is 56.5 Å². The summed E-state index contributed by atoms with van der Waals surface area (Å²) in [5, 5.41) is 14.0. The molecule has 1 aromatic carbocycles. The lowest BCUT2D eigenvalue weighted by atomic mass is 9.91. The van der Waals surface area contributed by atoms with E-state index in [0.29, 0.717) is 16.1 Å². The average Bonchev–Trinajstić information content (AvgIpc) is 2.45. The Kier molecular flexibility index (Phi) is 7.90. The molecule has 0 spiro atoms. The van der Waals surface area contributed by atoms with Gasteiger partial charge in [0.2, 0.25) is 0 Å². The molecule has 0 saturated carbocycles. The third kappa shape index (κ3) is 6.08. The predicted octanol–water partition coefficient (Wildman–Crippen LogP) is 5.54. The van der Waals surface area contributed by atoms with Crippen molar-refractivity contribution < 1.29 is 0 Å². The van der Waals surface area contributed by atoms with Gasteiger partial charge in [-0.1, -0.05) is 30.1 Å². The minimum absolute atomic E-state index is 0.312. The largest absolute Gasteiger partial charge is 0.297 e. The quantitative estimate of drug-likeness (QED) is 0.497. The maximum absolute atomic E-state index is 9.46. The fraction of sp³-hybridized carbons (Fsp3) is 0.562. The van der Waals surface area contributed by atoms with Crippen LogP contribution in [-0.2, 0) is 0 Å². The van der Waals surface area contributed by atoms with Crippen LogP contribution in [0.1, 0.15) is 40.0 Å². The summed E-state index contributed by atoms with van der Waals surface area (Å²) in [7, 11) is 0. The Balaban J connectivity index is 2.48. The number of nitrogens with zero attached hydrogens (tertiary/aromatic N) is 1. The van der Waals surface area contributed by atoms with E-state index >= 15 is 0 Å². The van der Waals surface area contributed by atoms with Gasteiger partial charge in [-0.2, -0.15) is 5.26 Å². The van der Waals surface area contributed by atoms with Crippen LogP contribution in [0, 0.1) is 11.3 Å². The molecule has 2 nitrogen and oxygen atoms in total. The first-order valence-electron chi connectivity index (χ1n) is 7.19. The second-order valence-corrected chi connectivity index (χ2v) is 7.36. The molecule has 0 amide bonds. The van der Waals surface area contributed by atoms with Gasteiger partial charge in [-0.3, -0.25) is 5.32 Å². The van der Waals surface area contributed by atoms with Crippen LogP contribution in [-0.4, -0.2) is 17.3 Å². The fourth-order valence-corrected chi connectivity index (χ4v) is 3.45. The smallest absolute Gasteiger partial charge is 0.106 e. The predicted molar refractivity (Wildman–Crippen MR) is 93.3 cm³/mol. The Labute approximate surface area is 142 Å². The van der Waals surface area contributed by atoms with Crippen molar-refractivity contribution in [3.8, 4) is 6.07 Å². The zero-order chi connectivity index (χ0) is 15.9. The van der Waals surface area contributed by atoms with Gasteiger partial charge in [-0.15, -0.1) is 11.8 Å². The van der Waals surface area contributed by atoms with Gasteiger partial charge >= 0.3 is 0 Å². The van der Waals surface area contributed by atoms with Gasteiger partial charge < -0.3 is 0 Å². The maximum atomic E-state index is 9.46. The lowest BCUT2D eigenvalue weighted by Crippen LogP contribution is -2.47. The second-order valence-electron chi connectivity index (χ2n) is 5.37. The molecule has 1 atom stereocenters. The number of benzene rings is 1. The summed E-state index contributed by atoms with van der Waals surface area (Å²) < 4.78 is 0. The summed E-state index contributed by atoms with van der Waals surface area (Å²) in [5.74, 6) is 0.959. The molecule has 1 rings (SSSR count). The van der Waals surface area contributed by atoms with E-state index in [1.54, 1.807) is 11.8 Å². The highest BCUT2D eigenvalue weighted by atomic mass is 35.5. The van der Waals surface area contributed by atoms with E-state index in [9.17, 15) is 5.26 Å². The molecule has 0 aromatic heterocycles. The standard InChI is InChI=1S/C16H22Cl2N2S/c1-4-16(11-19,20-12(2)3)8-5-9-21-13-6-7-14(17)15(18)10-13/h6-7,10,12,20H,4-5,8-9H2,1-3H3. The Bertz CT molecular complexity index is 500. The Morgan fingerprint density at radius 1 is 1.33 bits per heavy atom. The molecule has 0 radical (unpaired) electrons.